The minimum absolute atomic E-state index is 0.0432. The molecule has 3 aromatic carbocycles. The molecule has 24 heavy (non-hydrogen) atoms. The summed E-state index contributed by atoms with van der Waals surface area (Å²) >= 11 is 0. The second kappa shape index (κ2) is 5.36. The van der Waals surface area contributed by atoms with Crippen LogP contribution in [-0.4, -0.2) is 0 Å². The molecule has 114 valence electrons. The van der Waals surface area contributed by atoms with E-state index in [2.05, 4.69) is 0 Å². The van der Waals surface area contributed by atoms with Crippen LogP contribution in [0.1, 0.15) is 11.1 Å². The Morgan fingerprint density at radius 2 is 1.67 bits per heavy atom. The zero-order valence-corrected chi connectivity index (χ0v) is 13.0. The molecule has 0 atom stereocenters. The van der Waals surface area contributed by atoms with Crippen molar-refractivity contribution in [1.82, 2.24) is 0 Å². The fourth-order valence-corrected chi connectivity index (χ4v) is 3.05. The summed E-state index contributed by atoms with van der Waals surface area (Å²) in [4.78, 5) is 12.4. The van der Waals surface area contributed by atoms with Gasteiger partial charge in [-0.25, -0.2) is 4.79 Å². The maximum atomic E-state index is 12.4. The molecule has 0 radical (unpaired) electrons. The van der Waals surface area contributed by atoms with Crippen LogP contribution >= 0.6 is 0 Å². The first-order chi connectivity index (χ1) is 11.7. The van der Waals surface area contributed by atoms with Crippen LogP contribution in [0, 0.1) is 18.3 Å². The smallest absolute Gasteiger partial charge is 0.354 e. The van der Waals surface area contributed by atoms with Gasteiger partial charge >= 0.3 is 5.63 Å². The van der Waals surface area contributed by atoms with E-state index in [1.807, 2.05) is 73.7 Å². The lowest BCUT2D eigenvalue weighted by Crippen LogP contribution is -2.07. The maximum absolute atomic E-state index is 12.4. The van der Waals surface area contributed by atoms with E-state index < -0.39 is 5.63 Å². The molecule has 1 heterocycles. The predicted molar refractivity (Wildman–Crippen MR) is 94.9 cm³/mol. The summed E-state index contributed by atoms with van der Waals surface area (Å²) < 4.78 is 5.50. The lowest BCUT2D eigenvalue weighted by Gasteiger charge is -2.10. The molecule has 0 aliphatic rings. The molecule has 0 amide bonds. The third-order valence-electron chi connectivity index (χ3n) is 4.25. The van der Waals surface area contributed by atoms with Crippen LogP contribution in [0.5, 0.6) is 0 Å². The highest BCUT2D eigenvalue weighted by Gasteiger charge is 2.17. The second-order valence-corrected chi connectivity index (χ2v) is 5.78. The molecule has 0 fully saturated rings. The van der Waals surface area contributed by atoms with Gasteiger partial charge in [0.25, 0.3) is 0 Å². The Morgan fingerprint density at radius 1 is 0.917 bits per heavy atom. The minimum atomic E-state index is -0.600. The molecule has 4 rings (SSSR count). The topological polar surface area (TPSA) is 54.0 Å². The van der Waals surface area contributed by atoms with Gasteiger partial charge in [-0.1, -0.05) is 60.2 Å². The average Bonchev–Trinajstić information content (AvgIpc) is 2.61. The summed E-state index contributed by atoms with van der Waals surface area (Å²) in [6.07, 6.45) is 0. The van der Waals surface area contributed by atoms with Crippen LogP contribution in [0.2, 0.25) is 0 Å². The van der Waals surface area contributed by atoms with Gasteiger partial charge in [0.2, 0.25) is 0 Å². The largest absolute Gasteiger partial charge is 0.421 e. The Bertz CT molecular complexity index is 1180. The molecule has 0 bridgehead atoms. The third kappa shape index (κ3) is 2.09. The van der Waals surface area contributed by atoms with E-state index >= 15 is 0 Å². The van der Waals surface area contributed by atoms with E-state index in [0.717, 1.165) is 27.3 Å². The van der Waals surface area contributed by atoms with Crippen LogP contribution < -0.4 is 5.63 Å². The summed E-state index contributed by atoms with van der Waals surface area (Å²) in [5, 5.41) is 12.1. The number of hydrogen-bond acceptors (Lipinski definition) is 3. The number of hydrogen-bond donors (Lipinski definition) is 0. The van der Waals surface area contributed by atoms with Gasteiger partial charge in [-0.15, -0.1) is 0 Å². The summed E-state index contributed by atoms with van der Waals surface area (Å²) in [6, 6.07) is 21.5. The zero-order valence-electron chi connectivity index (χ0n) is 13.0. The first kappa shape index (κ1) is 14.2. The SMILES string of the molecule is Cc1ccc(-c2c(C#N)c(=O)oc3c2ccc2ccccc23)cc1. The standard InChI is InChI=1S/C21H13NO2/c1-13-6-8-15(9-7-13)19-17-11-10-14-4-2-3-5-16(14)20(17)24-21(23)18(19)12-22/h2-11H,1H3. The minimum Gasteiger partial charge on any atom is -0.421 e. The normalized spacial score (nSPS) is 10.8. The molecule has 0 unspecified atom stereocenters. The molecule has 0 aliphatic carbocycles. The van der Waals surface area contributed by atoms with Crippen molar-refractivity contribution < 1.29 is 4.42 Å². The van der Waals surface area contributed by atoms with Gasteiger partial charge in [0.15, 0.2) is 0 Å². The van der Waals surface area contributed by atoms with Crippen molar-refractivity contribution in [3.63, 3.8) is 0 Å². The molecule has 3 heteroatoms. The quantitative estimate of drug-likeness (QED) is 0.375. The number of aryl methyl sites for hydroxylation is 1. The zero-order chi connectivity index (χ0) is 16.7. The first-order valence-electron chi connectivity index (χ1n) is 7.65. The highest BCUT2D eigenvalue weighted by Crippen LogP contribution is 2.34. The van der Waals surface area contributed by atoms with Gasteiger partial charge in [-0.3, -0.25) is 0 Å². The number of rotatable bonds is 1. The highest BCUT2D eigenvalue weighted by atomic mass is 16.4. The van der Waals surface area contributed by atoms with Crippen LogP contribution in [0.3, 0.4) is 0 Å². The van der Waals surface area contributed by atoms with Crippen LogP contribution in [-0.2, 0) is 0 Å². The van der Waals surface area contributed by atoms with Crippen molar-refractivity contribution in [2.24, 2.45) is 0 Å². The molecule has 0 saturated heterocycles. The van der Waals surface area contributed by atoms with Gasteiger partial charge < -0.3 is 4.42 Å². The third-order valence-corrected chi connectivity index (χ3v) is 4.25. The summed E-state index contributed by atoms with van der Waals surface area (Å²) in [6.45, 7) is 2.00. The lowest BCUT2D eigenvalue weighted by atomic mass is 9.95. The van der Waals surface area contributed by atoms with Crippen LogP contribution in [0.15, 0.2) is 69.9 Å². The van der Waals surface area contributed by atoms with E-state index in [-0.39, 0.29) is 5.56 Å². The van der Waals surface area contributed by atoms with Gasteiger partial charge in [0, 0.05) is 16.3 Å². The Balaban J connectivity index is 2.22. The number of fused-ring (bicyclic) bond motifs is 3. The Hall–Kier alpha value is -3.38. The van der Waals surface area contributed by atoms with Gasteiger partial charge in [-0.05, 0) is 23.9 Å². The first-order valence-corrected chi connectivity index (χ1v) is 7.65. The Labute approximate surface area is 138 Å². The molecule has 3 nitrogen and oxygen atoms in total. The van der Waals surface area contributed by atoms with Gasteiger partial charge in [-0.2, -0.15) is 5.26 Å². The molecular weight excluding hydrogens is 298 g/mol. The second-order valence-electron chi connectivity index (χ2n) is 5.78. The van der Waals surface area contributed by atoms with Crippen molar-refractivity contribution in [3.05, 3.63) is 82.2 Å². The van der Waals surface area contributed by atoms with E-state index in [1.165, 1.54) is 0 Å². The molecule has 1 aromatic heterocycles. The summed E-state index contributed by atoms with van der Waals surface area (Å²) in [5.41, 5.74) is 2.56. The van der Waals surface area contributed by atoms with Crippen molar-refractivity contribution in [2.75, 3.05) is 0 Å². The average molecular weight is 311 g/mol. The molecule has 0 spiro atoms. The number of nitrogens with zero attached hydrogens (tertiary/aromatic N) is 1. The summed E-state index contributed by atoms with van der Waals surface area (Å²) in [7, 11) is 0. The Morgan fingerprint density at radius 3 is 2.42 bits per heavy atom. The van der Waals surface area contributed by atoms with Crippen LogP contribution in [0.4, 0.5) is 0 Å². The van der Waals surface area contributed by atoms with Crippen molar-refractivity contribution >= 4 is 21.7 Å². The Kier molecular flexibility index (Phi) is 3.18. The van der Waals surface area contributed by atoms with Crippen molar-refractivity contribution in [3.8, 4) is 17.2 Å². The molecule has 4 aromatic rings. The maximum Gasteiger partial charge on any atom is 0.354 e. The molecule has 0 saturated carbocycles. The van der Waals surface area contributed by atoms with E-state index in [1.54, 1.807) is 0 Å². The molecular formula is C21H13NO2. The van der Waals surface area contributed by atoms with E-state index in [0.29, 0.717) is 11.1 Å². The molecule has 0 aliphatic heterocycles. The highest BCUT2D eigenvalue weighted by molar-refractivity contribution is 6.09. The van der Waals surface area contributed by atoms with E-state index in [4.69, 9.17) is 4.42 Å². The van der Waals surface area contributed by atoms with E-state index in [9.17, 15) is 10.1 Å². The predicted octanol–water partition coefficient (Wildman–Crippen LogP) is 4.79. The number of nitriles is 1. The van der Waals surface area contributed by atoms with Crippen molar-refractivity contribution in [1.29, 1.82) is 5.26 Å². The van der Waals surface area contributed by atoms with Crippen LogP contribution in [0.25, 0.3) is 32.9 Å². The fourth-order valence-electron chi connectivity index (χ4n) is 3.05. The lowest BCUT2D eigenvalue weighted by molar-refractivity contribution is 0.562. The summed E-state index contributed by atoms with van der Waals surface area (Å²) in [5.74, 6) is 0. The molecule has 0 N–H and O–H groups in total. The fraction of sp³-hybridized carbons (Fsp3) is 0.0476. The monoisotopic (exact) mass is 311 g/mol. The van der Waals surface area contributed by atoms with Gasteiger partial charge in [0.05, 0.1) is 0 Å². The van der Waals surface area contributed by atoms with Gasteiger partial charge in [0.1, 0.15) is 17.2 Å². The number of benzene rings is 3. The van der Waals surface area contributed by atoms with Crippen molar-refractivity contribution in [2.45, 2.75) is 6.92 Å².